The van der Waals surface area contributed by atoms with E-state index in [4.69, 9.17) is 11.6 Å². The van der Waals surface area contributed by atoms with E-state index in [0.29, 0.717) is 12.3 Å². The molecule has 0 aliphatic carbocycles. The summed E-state index contributed by atoms with van der Waals surface area (Å²) in [6.45, 7) is 1.95. The van der Waals surface area contributed by atoms with Crippen molar-refractivity contribution in [3.8, 4) is 0 Å². The van der Waals surface area contributed by atoms with Gasteiger partial charge in [-0.25, -0.2) is 9.18 Å². The molecule has 0 saturated heterocycles. The molecular formula is C9H14ClFO2. The second-order valence-corrected chi connectivity index (χ2v) is 2.87. The highest BCUT2D eigenvalue weighted by Crippen LogP contribution is 2.09. The van der Waals surface area contributed by atoms with E-state index in [0.717, 1.165) is 12.5 Å². The first-order valence-corrected chi connectivity index (χ1v) is 4.83. The van der Waals surface area contributed by atoms with E-state index in [2.05, 4.69) is 4.74 Å². The minimum Gasteiger partial charge on any atom is -0.463 e. The predicted molar refractivity (Wildman–Crippen MR) is 50.4 cm³/mol. The van der Waals surface area contributed by atoms with E-state index in [9.17, 15) is 9.18 Å². The number of carbonyl (C=O) groups is 1. The van der Waals surface area contributed by atoms with Crippen LogP contribution >= 0.6 is 11.6 Å². The monoisotopic (exact) mass is 208 g/mol. The highest BCUT2D eigenvalue weighted by molar-refractivity contribution is 6.17. The second-order valence-electron chi connectivity index (χ2n) is 2.49. The van der Waals surface area contributed by atoms with Crippen molar-refractivity contribution >= 4 is 17.6 Å². The lowest BCUT2D eigenvalue weighted by Crippen LogP contribution is -2.00. The highest BCUT2D eigenvalue weighted by atomic mass is 35.5. The molecule has 0 aliphatic rings. The fraction of sp³-hybridized carbons (Fsp3) is 0.667. The Labute approximate surface area is 82.7 Å². The van der Waals surface area contributed by atoms with Gasteiger partial charge in [0.1, 0.15) is 5.83 Å². The van der Waals surface area contributed by atoms with Crippen molar-refractivity contribution < 1.29 is 13.9 Å². The molecule has 0 amide bonds. The lowest BCUT2D eigenvalue weighted by atomic mass is 10.2. The molecule has 0 saturated carbocycles. The van der Waals surface area contributed by atoms with E-state index >= 15 is 0 Å². The molecule has 0 heterocycles. The van der Waals surface area contributed by atoms with Gasteiger partial charge in [0.2, 0.25) is 0 Å². The first-order valence-electron chi connectivity index (χ1n) is 4.29. The van der Waals surface area contributed by atoms with Crippen LogP contribution in [0.1, 0.15) is 26.2 Å². The van der Waals surface area contributed by atoms with E-state index in [1.165, 1.54) is 0 Å². The number of unbranched alkanes of at least 4 members (excludes halogenated alkanes) is 1. The van der Waals surface area contributed by atoms with Crippen molar-refractivity contribution in [1.82, 2.24) is 0 Å². The summed E-state index contributed by atoms with van der Waals surface area (Å²) in [6, 6.07) is 0. The van der Waals surface area contributed by atoms with E-state index in [1.54, 1.807) is 6.92 Å². The molecular weight excluding hydrogens is 195 g/mol. The molecule has 0 radical (unpaired) electrons. The predicted octanol–water partition coefficient (Wildman–Crippen LogP) is 2.81. The summed E-state index contributed by atoms with van der Waals surface area (Å²) in [5.74, 6) is -0.540. The summed E-state index contributed by atoms with van der Waals surface area (Å²) in [4.78, 5) is 10.7. The molecule has 0 aromatic rings. The third-order valence-corrected chi connectivity index (χ3v) is 1.63. The van der Waals surface area contributed by atoms with Crippen LogP contribution in [0.15, 0.2) is 11.9 Å². The Hall–Kier alpha value is -0.570. The molecule has 0 fully saturated rings. The zero-order valence-corrected chi connectivity index (χ0v) is 8.44. The van der Waals surface area contributed by atoms with Crippen LogP contribution in [0.5, 0.6) is 0 Å². The van der Waals surface area contributed by atoms with Crippen molar-refractivity contribution in [2.45, 2.75) is 26.2 Å². The number of halogens is 2. The van der Waals surface area contributed by atoms with Crippen molar-refractivity contribution in [2.24, 2.45) is 0 Å². The second kappa shape index (κ2) is 8.05. The standard InChI is InChI=1S/C9H14ClFO2/c1-2-13-9(12)7-8(11)5-3-4-6-10/h7H,2-6H2,1H3/b8-7-. The SMILES string of the molecule is CCOC(=O)/C=C(\F)CCCCCl. The Morgan fingerprint density at radius 2 is 2.23 bits per heavy atom. The van der Waals surface area contributed by atoms with E-state index < -0.39 is 11.8 Å². The number of esters is 1. The van der Waals surface area contributed by atoms with E-state index in [1.807, 2.05) is 0 Å². The first kappa shape index (κ1) is 12.4. The zero-order valence-electron chi connectivity index (χ0n) is 7.69. The molecule has 0 aromatic carbocycles. The van der Waals surface area contributed by atoms with Gasteiger partial charge in [-0.05, 0) is 26.2 Å². The largest absolute Gasteiger partial charge is 0.463 e. The van der Waals surface area contributed by atoms with Crippen molar-refractivity contribution in [3.05, 3.63) is 11.9 Å². The lowest BCUT2D eigenvalue weighted by molar-refractivity contribution is -0.137. The number of allylic oxidation sites excluding steroid dienone is 1. The summed E-state index contributed by atoms with van der Waals surface area (Å²) in [7, 11) is 0. The lowest BCUT2D eigenvalue weighted by Gasteiger charge is -1.97. The normalized spacial score (nSPS) is 11.5. The minimum atomic E-state index is -0.620. The Balaban J connectivity index is 3.67. The number of rotatable bonds is 6. The highest BCUT2D eigenvalue weighted by Gasteiger charge is 2.00. The van der Waals surface area contributed by atoms with Gasteiger partial charge in [-0.1, -0.05) is 0 Å². The van der Waals surface area contributed by atoms with Gasteiger partial charge in [0, 0.05) is 5.88 Å². The average molecular weight is 209 g/mol. The van der Waals surface area contributed by atoms with Crippen LogP contribution < -0.4 is 0 Å². The van der Waals surface area contributed by atoms with Crippen LogP contribution in [0.3, 0.4) is 0 Å². The van der Waals surface area contributed by atoms with E-state index in [-0.39, 0.29) is 13.0 Å². The topological polar surface area (TPSA) is 26.3 Å². The fourth-order valence-electron chi connectivity index (χ4n) is 0.772. The van der Waals surface area contributed by atoms with Crippen LogP contribution in [-0.4, -0.2) is 18.5 Å². The molecule has 76 valence electrons. The van der Waals surface area contributed by atoms with Crippen LogP contribution in [0.2, 0.25) is 0 Å². The number of hydrogen-bond donors (Lipinski definition) is 0. The number of ether oxygens (including phenoxy) is 1. The summed E-state index contributed by atoms with van der Waals surface area (Å²) in [6.07, 6.45) is 2.56. The molecule has 0 unspecified atom stereocenters. The molecule has 0 aliphatic heterocycles. The third kappa shape index (κ3) is 7.78. The third-order valence-electron chi connectivity index (χ3n) is 1.36. The molecule has 4 heteroatoms. The van der Waals surface area contributed by atoms with Crippen molar-refractivity contribution in [2.75, 3.05) is 12.5 Å². The van der Waals surface area contributed by atoms with Crippen molar-refractivity contribution in [3.63, 3.8) is 0 Å². The van der Waals surface area contributed by atoms with Gasteiger partial charge in [0.15, 0.2) is 0 Å². The number of hydrogen-bond acceptors (Lipinski definition) is 2. The zero-order chi connectivity index (χ0) is 10.1. The smallest absolute Gasteiger partial charge is 0.333 e. The van der Waals surface area contributed by atoms with Gasteiger partial charge in [-0.2, -0.15) is 0 Å². The Morgan fingerprint density at radius 3 is 2.77 bits per heavy atom. The van der Waals surface area contributed by atoms with Gasteiger partial charge < -0.3 is 4.74 Å². The Morgan fingerprint density at radius 1 is 1.54 bits per heavy atom. The Kier molecular flexibility index (Phi) is 7.69. The van der Waals surface area contributed by atoms with Crippen LogP contribution in [0.4, 0.5) is 4.39 Å². The van der Waals surface area contributed by atoms with Gasteiger partial charge >= 0.3 is 5.97 Å². The van der Waals surface area contributed by atoms with Gasteiger partial charge in [-0.3, -0.25) is 0 Å². The summed E-state index contributed by atoms with van der Waals surface area (Å²) in [5, 5.41) is 0. The summed E-state index contributed by atoms with van der Waals surface area (Å²) in [5.41, 5.74) is 0. The summed E-state index contributed by atoms with van der Waals surface area (Å²) < 4.78 is 17.4. The summed E-state index contributed by atoms with van der Waals surface area (Å²) >= 11 is 5.41. The molecule has 13 heavy (non-hydrogen) atoms. The average Bonchev–Trinajstić information content (AvgIpc) is 2.05. The van der Waals surface area contributed by atoms with Gasteiger partial charge in [0.25, 0.3) is 0 Å². The molecule has 2 nitrogen and oxygen atoms in total. The molecule has 0 N–H and O–H groups in total. The molecule has 0 bridgehead atoms. The quantitative estimate of drug-likeness (QED) is 0.290. The molecule has 0 rings (SSSR count). The van der Waals surface area contributed by atoms with Gasteiger partial charge in [-0.15, -0.1) is 11.6 Å². The molecule has 0 atom stereocenters. The fourth-order valence-corrected chi connectivity index (χ4v) is 0.961. The van der Waals surface area contributed by atoms with Crippen LogP contribution in [-0.2, 0) is 9.53 Å². The van der Waals surface area contributed by atoms with Crippen LogP contribution in [0, 0.1) is 0 Å². The minimum absolute atomic E-state index is 0.255. The van der Waals surface area contributed by atoms with Crippen LogP contribution in [0.25, 0.3) is 0 Å². The number of alkyl halides is 1. The Bertz CT molecular complexity index is 180. The van der Waals surface area contributed by atoms with Gasteiger partial charge in [0.05, 0.1) is 12.7 Å². The van der Waals surface area contributed by atoms with Crippen molar-refractivity contribution in [1.29, 1.82) is 0 Å². The molecule has 0 spiro atoms. The molecule has 0 aromatic heterocycles. The maximum atomic E-state index is 12.8. The number of carbonyl (C=O) groups excluding carboxylic acids is 1. The first-order chi connectivity index (χ1) is 6.20. The maximum absolute atomic E-state index is 12.8. The maximum Gasteiger partial charge on any atom is 0.333 e.